The average Bonchev–Trinajstić information content (AvgIpc) is 3.21. The Labute approximate surface area is 124 Å². The summed E-state index contributed by atoms with van der Waals surface area (Å²) in [5.74, 6) is 0.941. The summed E-state index contributed by atoms with van der Waals surface area (Å²) in [5.41, 5.74) is 8.58. The Kier molecular flexibility index (Phi) is 3.86. The van der Waals surface area contributed by atoms with E-state index in [1.54, 1.807) is 0 Å². The Morgan fingerprint density at radius 3 is 2.58 bits per heavy atom. The van der Waals surface area contributed by atoms with Crippen LogP contribution in [0.5, 0.6) is 0 Å². The molecule has 3 heteroatoms. The van der Waals surface area contributed by atoms with E-state index in [0.717, 1.165) is 18.4 Å². The second kappa shape index (κ2) is 5.45. The zero-order valence-corrected chi connectivity index (χ0v) is 13.2. The molecule has 0 saturated heterocycles. The highest BCUT2D eigenvalue weighted by Gasteiger charge is 2.34. The molecule has 1 aromatic carbocycles. The third-order valence-electron chi connectivity index (χ3n) is 4.02. The summed E-state index contributed by atoms with van der Waals surface area (Å²) < 4.78 is 1.23. The van der Waals surface area contributed by atoms with Crippen molar-refractivity contribution in [1.29, 1.82) is 0 Å². The number of anilines is 1. The number of nitrogens with zero attached hydrogens (tertiary/aromatic N) is 1. The second-order valence-electron chi connectivity index (χ2n) is 6.29. The maximum atomic E-state index is 5.88. The molecule has 0 amide bonds. The van der Waals surface area contributed by atoms with Crippen molar-refractivity contribution >= 4 is 21.6 Å². The highest BCUT2D eigenvalue weighted by Crippen LogP contribution is 2.40. The molecule has 1 aromatic rings. The van der Waals surface area contributed by atoms with Crippen LogP contribution in [0.2, 0.25) is 0 Å². The number of halogens is 1. The Morgan fingerprint density at radius 1 is 1.32 bits per heavy atom. The first-order valence-electron chi connectivity index (χ1n) is 7.44. The van der Waals surface area contributed by atoms with E-state index in [4.69, 9.17) is 5.73 Å². The molecule has 2 saturated carbocycles. The maximum absolute atomic E-state index is 5.88. The molecule has 1 atom stereocenters. The molecule has 2 aliphatic rings. The molecule has 0 aliphatic heterocycles. The molecule has 1 unspecified atom stereocenters. The summed E-state index contributed by atoms with van der Waals surface area (Å²) in [5, 5.41) is 0. The molecule has 104 valence electrons. The molecule has 19 heavy (non-hydrogen) atoms. The van der Waals surface area contributed by atoms with Gasteiger partial charge in [-0.15, -0.1) is 0 Å². The van der Waals surface area contributed by atoms with Crippen molar-refractivity contribution in [2.24, 2.45) is 11.7 Å². The lowest BCUT2D eigenvalue weighted by Gasteiger charge is -2.26. The van der Waals surface area contributed by atoms with Crippen LogP contribution in [0.4, 0.5) is 5.69 Å². The predicted molar refractivity (Wildman–Crippen MR) is 84.6 cm³/mol. The van der Waals surface area contributed by atoms with Gasteiger partial charge in [-0.2, -0.15) is 0 Å². The van der Waals surface area contributed by atoms with E-state index < -0.39 is 0 Å². The normalized spacial score (nSPS) is 20.4. The molecular weight excluding hydrogens is 300 g/mol. The van der Waals surface area contributed by atoms with Gasteiger partial charge in [-0.1, -0.05) is 6.07 Å². The van der Waals surface area contributed by atoms with Crippen LogP contribution in [-0.2, 0) is 6.42 Å². The molecule has 0 spiro atoms. The number of nitrogens with two attached hydrogens (primary N) is 1. The van der Waals surface area contributed by atoms with Gasteiger partial charge in [0, 0.05) is 23.1 Å². The minimum atomic E-state index is 0.226. The molecule has 2 aliphatic carbocycles. The minimum absolute atomic E-state index is 0.226. The highest BCUT2D eigenvalue weighted by molar-refractivity contribution is 9.10. The van der Waals surface area contributed by atoms with Crippen LogP contribution in [0, 0.1) is 5.92 Å². The zero-order valence-electron chi connectivity index (χ0n) is 11.6. The highest BCUT2D eigenvalue weighted by atomic mass is 79.9. The molecule has 0 heterocycles. The molecule has 2 fully saturated rings. The second-order valence-corrected chi connectivity index (χ2v) is 7.15. The van der Waals surface area contributed by atoms with Gasteiger partial charge in [-0.25, -0.2) is 0 Å². The first kappa shape index (κ1) is 13.4. The lowest BCUT2D eigenvalue weighted by molar-refractivity contribution is 0.715. The Morgan fingerprint density at radius 2 is 2.05 bits per heavy atom. The fraction of sp³-hybridized carbons (Fsp3) is 0.625. The van der Waals surface area contributed by atoms with E-state index >= 15 is 0 Å². The fourth-order valence-electron chi connectivity index (χ4n) is 2.69. The first-order chi connectivity index (χ1) is 9.13. The van der Waals surface area contributed by atoms with Crippen LogP contribution in [0.3, 0.4) is 0 Å². The Balaban J connectivity index is 1.77. The number of rotatable bonds is 6. The van der Waals surface area contributed by atoms with Gasteiger partial charge >= 0.3 is 0 Å². The summed E-state index contributed by atoms with van der Waals surface area (Å²) in [7, 11) is 0. The van der Waals surface area contributed by atoms with Gasteiger partial charge in [0.05, 0.1) is 5.69 Å². The van der Waals surface area contributed by atoms with Crippen molar-refractivity contribution in [2.45, 2.75) is 51.1 Å². The average molecular weight is 323 g/mol. The monoisotopic (exact) mass is 322 g/mol. The summed E-state index contributed by atoms with van der Waals surface area (Å²) in [4.78, 5) is 2.62. The Bertz CT molecular complexity index is 450. The minimum Gasteiger partial charge on any atom is -0.367 e. The van der Waals surface area contributed by atoms with Gasteiger partial charge < -0.3 is 10.6 Å². The topological polar surface area (TPSA) is 29.3 Å². The van der Waals surface area contributed by atoms with E-state index in [-0.39, 0.29) is 6.04 Å². The number of benzene rings is 1. The van der Waals surface area contributed by atoms with Gasteiger partial charge in [0.25, 0.3) is 0 Å². The van der Waals surface area contributed by atoms with Crippen LogP contribution in [-0.4, -0.2) is 18.6 Å². The molecule has 0 radical (unpaired) electrons. The van der Waals surface area contributed by atoms with Crippen LogP contribution >= 0.6 is 15.9 Å². The van der Waals surface area contributed by atoms with Gasteiger partial charge in [0.2, 0.25) is 0 Å². The SMILES string of the molecule is CC(N)Cc1ccc(N(CC2CC2)C2CC2)c(Br)c1. The van der Waals surface area contributed by atoms with E-state index in [2.05, 4.69) is 46.0 Å². The van der Waals surface area contributed by atoms with Crippen LogP contribution in [0.1, 0.15) is 38.2 Å². The lowest BCUT2D eigenvalue weighted by atomic mass is 10.1. The standard InChI is InChI=1S/C16H23BrN2/c1-11(18)8-13-4-7-16(15(17)9-13)19(14-5-6-14)10-12-2-3-12/h4,7,9,11-12,14H,2-3,5-6,8,10,18H2,1H3. The van der Waals surface area contributed by atoms with E-state index in [9.17, 15) is 0 Å². The first-order valence-corrected chi connectivity index (χ1v) is 8.23. The molecule has 2 nitrogen and oxygen atoms in total. The molecular formula is C16H23BrN2. The van der Waals surface area contributed by atoms with Crippen molar-refractivity contribution < 1.29 is 0 Å². The summed E-state index contributed by atoms with van der Waals surface area (Å²) in [6.45, 7) is 3.31. The van der Waals surface area contributed by atoms with Crippen LogP contribution in [0.15, 0.2) is 22.7 Å². The van der Waals surface area contributed by atoms with Crippen molar-refractivity contribution in [3.8, 4) is 0 Å². The summed E-state index contributed by atoms with van der Waals surface area (Å²) in [6, 6.07) is 7.79. The van der Waals surface area contributed by atoms with Crippen molar-refractivity contribution in [3.63, 3.8) is 0 Å². The third-order valence-corrected chi connectivity index (χ3v) is 4.65. The van der Waals surface area contributed by atoms with Gasteiger partial charge in [-0.05, 0) is 78.6 Å². The molecule has 0 aromatic heterocycles. The Hall–Kier alpha value is -0.540. The van der Waals surface area contributed by atoms with E-state index in [0.29, 0.717) is 0 Å². The fourth-order valence-corrected chi connectivity index (χ4v) is 3.34. The number of hydrogen-bond donors (Lipinski definition) is 1. The largest absolute Gasteiger partial charge is 0.367 e. The zero-order chi connectivity index (χ0) is 13.4. The molecule has 0 bridgehead atoms. The predicted octanol–water partition coefficient (Wildman–Crippen LogP) is 3.72. The van der Waals surface area contributed by atoms with Crippen molar-refractivity contribution in [1.82, 2.24) is 0 Å². The molecule has 2 N–H and O–H groups in total. The third kappa shape index (κ3) is 3.51. The van der Waals surface area contributed by atoms with Crippen molar-refractivity contribution in [3.05, 3.63) is 28.2 Å². The number of hydrogen-bond acceptors (Lipinski definition) is 2. The summed E-state index contributed by atoms with van der Waals surface area (Å²) in [6.07, 6.45) is 6.51. The van der Waals surface area contributed by atoms with Gasteiger partial charge in [0.1, 0.15) is 0 Å². The van der Waals surface area contributed by atoms with Crippen LogP contribution in [0.25, 0.3) is 0 Å². The summed E-state index contributed by atoms with van der Waals surface area (Å²) >= 11 is 3.76. The van der Waals surface area contributed by atoms with Gasteiger partial charge in [0.15, 0.2) is 0 Å². The smallest absolute Gasteiger partial charge is 0.0513 e. The molecule has 3 rings (SSSR count). The van der Waals surface area contributed by atoms with Crippen molar-refractivity contribution in [2.75, 3.05) is 11.4 Å². The van der Waals surface area contributed by atoms with E-state index in [1.165, 1.54) is 48.0 Å². The van der Waals surface area contributed by atoms with E-state index in [1.807, 2.05) is 0 Å². The van der Waals surface area contributed by atoms with Crippen LogP contribution < -0.4 is 10.6 Å². The quantitative estimate of drug-likeness (QED) is 0.864. The van der Waals surface area contributed by atoms with Gasteiger partial charge in [-0.3, -0.25) is 0 Å². The maximum Gasteiger partial charge on any atom is 0.0513 e. The lowest BCUT2D eigenvalue weighted by Crippen LogP contribution is -2.28.